The number of benzene rings is 3. The summed E-state index contributed by atoms with van der Waals surface area (Å²) in [5.74, 6) is 0.549. The van der Waals surface area contributed by atoms with Crippen LogP contribution in [0.1, 0.15) is 30.4 Å². The lowest BCUT2D eigenvalue weighted by atomic mass is 10.0. The van der Waals surface area contributed by atoms with Crippen molar-refractivity contribution < 1.29 is 22.7 Å². The highest BCUT2D eigenvalue weighted by atomic mass is 32.2. The molecule has 0 bridgehead atoms. The molecule has 0 unspecified atom stereocenters. The number of piperidine rings is 1. The van der Waals surface area contributed by atoms with Crippen molar-refractivity contribution in [2.24, 2.45) is 0 Å². The SMILES string of the molecule is COc1ccc(S(=O)(=O)N2C[C@@H](C(=O)NCc3ccccc3CN3CCCCC3)Oc3ccccc32)cc1. The molecule has 0 aromatic heterocycles. The van der Waals surface area contributed by atoms with Crippen LogP contribution in [0.3, 0.4) is 0 Å². The van der Waals surface area contributed by atoms with Crippen molar-refractivity contribution in [1.29, 1.82) is 0 Å². The maximum atomic E-state index is 13.6. The molecule has 9 heteroatoms. The van der Waals surface area contributed by atoms with Gasteiger partial charge in [0.15, 0.2) is 6.10 Å². The average Bonchev–Trinajstić information content (AvgIpc) is 2.96. The summed E-state index contributed by atoms with van der Waals surface area (Å²) in [6.45, 7) is 3.25. The molecular weight excluding hydrogens is 502 g/mol. The predicted molar refractivity (Wildman–Crippen MR) is 146 cm³/mol. The van der Waals surface area contributed by atoms with Crippen LogP contribution in [-0.2, 0) is 27.9 Å². The van der Waals surface area contributed by atoms with E-state index in [-0.39, 0.29) is 17.3 Å². The number of carbonyl (C=O) groups is 1. The molecule has 5 rings (SSSR count). The number of ether oxygens (including phenoxy) is 2. The smallest absolute Gasteiger partial charge is 0.264 e. The molecule has 200 valence electrons. The van der Waals surface area contributed by atoms with E-state index >= 15 is 0 Å². The van der Waals surface area contributed by atoms with Crippen molar-refractivity contribution in [2.45, 2.75) is 43.4 Å². The zero-order valence-corrected chi connectivity index (χ0v) is 22.3. The summed E-state index contributed by atoms with van der Waals surface area (Å²) < 4.78 is 39.6. The molecule has 0 aliphatic carbocycles. The van der Waals surface area contributed by atoms with E-state index in [0.29, 0.717) is 23.7 Å². The normalized spacial score (nSPS) is 17.8. The van der Waals surface area contributed by atoms with Crippen LogP contribution < -0.4 is 19.1 Å². The number of rotatable bonds is 8. The number of para-hydroxylation sites is 2. The van der Waals surface area contributed by atoms with Crippen molar-refractivity contribution in [3.05, 3.63) is 83.9 Å². The van der Waals surface area contributed by atoms with Gasteiger partial charge < -0.3 is 14.8 Å². The number of hydrogen-bond donors (Lipinski definition) is 1. The van der Waals surface area contributed by atoms with Gasteiger partial charge in [0.2, 0.25) is 0 Å². The van der Waals surface area contributed by atoms with E-state index in [9.17, 15) is 13.2 Å². The van der Waals surface area contributed by atoms with Crippen molar-refractivity contribution in [3.8, 4) is 11.5 Å². The van der Waals surface area contributed by atoms with Crippen LogP contribution in [0.15, 0.2) is 77.7 Å². The molecule has 38 heavy (non-hydrogen) atoms. The fourth-order valence-electron chi connectivity index (χ4n) is 4.98. The van der Waals surface area contributed by atoms with Gasteiger partial charge in [0.1, 0.15) is 11.5 Å². The molecule has 2 heterocycles. The quantitative estimate of drug-likeness (QED) is 0.470. The lowest BCUT2D eigenvalue weighted by Crippen LogP contribution is -2.50. The standard InChI is InChI=1S/C29H33N3O5S/c1-36-24-13-15-25(16-14-24)38(34,35)32-21-28(37-27-12-6-5-11-26(27)32)29(33)30-19-22-9-3-4-10-23(22)20-31-17-7-2-8-18-31/h3-6,9-16,28H,2,7-8,17-21H2,1H3,(H,30,33)/t28-/m0/s1. The number of carbonyl (C=O) groups excluding carboxylic acids is 1. The molecule has 0 spiro atoms. The number of methoxy groups -OCH3 is 1. The molecule has 1 amide bonds. The molecule has 8 nitrogen and oxygen atoms in total. The van der Waals surface area contributed by atoms with Crippen LogP contribution >= 0.6 is 0 Å². The van der Waals surface area contributed by atoms with Crippen LogP contribution in [0.5, 0.6) is 11.5 Å². The van der Waals surface area contributed by atoms with Crippen molar-refractivity contribution in [2.75, 3.05) is 31.0 Å². The van der Waals surface area contributed by atoms with Gasteiger partial charge in [-0.15, -0.1) is 0 Å². The minimum absolute atomic E-state index is 0.112. The maximum Gasteiger partial charge on any atom is 0.264 e. The number of sulfonamides is 1. The molecule has 1 atom stereocenters. The van der Waals surface area contributed by atoms with Crippen LogP contribution in [0.4, 0.5) is 5.69 Å². The summed E-state index contributed by atoms with van der Waals surface area (Å²) in [6.07, 6.45) is 2.72. The van der Waals surface area contributed by atoms with Gasteiger partial charge in [-0.05, 0) is 73.5 Å². The van der Waals surface area contributed by atoms with Crippen LogP contribution in [0.25, 0.3) is 0 Å². The molecule has 1 N–H and O–H groups in total. The van der Waals surface area contributed by atoms with Gasteiger partial charge in [0, 0.05) is 13.1 Å². The second-order valence-electron chi connectivity index (χ2n) is 9.61. The lowest BCUT2D eigenvalue weighted by Gasteiger charge is -2.34. The second kappa shape index (κ2) is 11.4. The Hall–Kier alpha value is -3.56. The molecule has 1 fully saturated rings. The number of fused-ring (bicyclic) bond motifs is 1. The van der Waals surface area contributed by atoms with E-state index in [1.165, 1.54) is 48.4 Å². The zero-order valence-electron chi connectivity index (χ0n) is 21.5. The molecular formula is C29H33N3O5S. The van der Waals surface area contributed by atoms with E-state index in [1.54, 1.807) is 36.4 Å². The first kappa shape index (κ1) is 26.1. The largest absolute Gasteiger partial charge is 0.497 e. The minimum Gasteiger partial charge on any atom is -0.497 e. The number of nitrogens with zero attached hydrogens (tertiary/aromatic N) is 2. The molecule has 3 aromatic carbocycles. The summed E-state index contributed by atoms with van der Waals surface area (Å²) in [4.78, 5) is 15.9. The summed E-state index contributed by atoms with van der Waals surface area (Å²) in [5.41, 5.74) is 2.64. The zero-order chi connectivity index (χ0) is 26.5. The molecule has 1 saturated heterocycles. The number of amides is 1. The fourth-order valence-corrected chi connectivity index (χ4v) is 6.46. The molecule has 3 aromatic rings. The van der Waals surface area contributed by atoms with E-state index in [2.05, 4.69) is 16.3 Å². The maximum absolute atomic E-state index is 13.6. The Labute approximate surface area is 224 Å². The Balaban J connectivity index is 1.32. The van der Waals surface area contributed by atoms with Gasteiger partial charge in [-0.1, -0.05) is 42.8 Å². The summed E-state index contributed by atoms with van der Waals surface area (Å²) in [6, 6.07) is 21.2. The van der Waals surface area contributed by atoms with E-state index in [1.807, 2.05) is 18.2 Å². The fraction of sp³-hybridized carbons (Fsp3) is 0.345. The van der Waals surface area contributed by atoms with Gasteiger partial charge in [-0.3, -0.25) is 14.0 Å². The molecule has 0 radical (unpaired) electrons. The van der Waals surface area contributed by atoms with Crippen LogP contribution in [-0.4, -0.2) is 52.1 Å². The third kappa shape index (κ3) is 5.63. The third-order valence-electron chi connectivity index (χ3n) is 7.09. The van der Waals surface area contributed by atoms with E-state index in [0.717, 1.165) is 25.2 Å². The van der Waals surface area contributed by atoms with Gasteiger partial charge in [0.25, 0.3) is 15.9 Å². The summed E-state index contributed by atoms with van der Waals surface area (Å²) >= 11 is 0. The topological polar surface area (TPSA) is 88.2 Å². The molecule has 2 aliphatic heterocycles. The Morgan fingerprint density at radius 3 is 2.37 bits per heavy atom. The Morgan fingerprint density at radius 2 is 1.63 bits per heavy atom. The first-order valence-corrected chi connectivity index (χ1v) is 14.4. The number of hydrogen-bond acceptors (Lipinski definition) is 6. The third-order valence-corrected chi connectivity index (χ3v) is 8.88. The Kier molecular flexibility index (Phi) is 7.85. The average molecular weight is 536 g/mol. The highest BCUT2D eigenvalue weighted by Crippen LogP contribution is 2.37. The van der Waals surface area contributed by atoms with Crippen molar-refractivity contribution in [3.63, 3.8) is 0 Å². The number of nitrogens with one attached hydrogen (secondary N) is 1. The highest BCUT2D eigenvalue weighted by Gasteiger charge is 2.37. The highest BCUT2D eigenvalue weighted by molar-refractivity contribution is 7.92. The van der Waals surface area contributed by atoms with Gasteiger partial charge in [0.05, 0.1) is 24.2 Å². The first-order chi connectivity index (χ1) is 18.5. The van der Waals surface area contributed by atoms with Crippen LogP contribution in [0.2, 0.25) is 0 Å². The Morgan fingerprint density at radius 1 is 0.947 bits per heavy atom. The molecule has 2 aliphatic rings. The second-order valence-corrected chi connectivity index (χ2v) is 11.5. The van der Waals surface area contributed by atoms with Crippen LogP contribution in [0, 0.1) is 0 Å². The summed E-state index contributed by atoms with van der Waals surface area (Å²) in [7, 11) is -2.42. The van der Waals surface area contributed by atoms with Gasteiger partial charge in [-0.25, -0.2) is 8.42 Å². The summed E-state index contributed by atoms with van der Waals surface area (Å²) in [5, 5.41) is 2.98. The van der Waals surface area contributed by atoms with Gasteiger partial charge >= 0.3 is 0 Å². The minimum atomic E-state index is -3.94. The first-order valence-electron chi connectivity index (χ1n) is 12.9. The lowest BCUT2D eigenvalue weighted by molar-refractivity contribution is -0.127. The molecule has 0 saturated carbocycles. The van der Waals surface area contributed by atoms with E-state index < -0.39 is 16.1 Å². The van der Waals surface area contributed by atoms with Gasteiger partial charge in [-0.2, -0.15) is 0 Å². The number of anilines is 1. The Bertz CT molecular complexity index is 1370. The monoisotopic (exact) mass is 535 g/mol. The predicted octanol–water partition coefficient (Wildman–Crippen LogP) is 3.95. The van der Waals surface area contributed by atoms with Crippen molar-refractivity contribution >= 4 is 21.6 Å². The van der Waals surface area contributed by atoms with E-state index in [4.69, 9.17) is 9.47 Å². The number of likely N-dealkylation sites (tertiary alicyclic amines) is 1. The van der Waals surface area contributed by atoms with Crippen molar-refractivity contribution in [1.82, 2.24) is 10.2 Å².